The fourth-order valence-corrected chi connectivity index (χ4v) is 4.43. The smallest absolute Gasteiger partial charge is 0.332 e. The first-order valence-corrected chi connectivity index (χ1v) is 9.11. The Morgan fingerprint density at radius 1 is 1.29 bits per heavy atom. The van der Waals surface area contributed by atoms with E-state index in [2.05, 4.69) is 0 Å². The van der Waals surface area contributed by atoms with Crippen LogP contribution < -0.4 is 0 Å². The van der Waals surface area contributed by atoms with Gasteiger partial charge in [0.15, 0.2) is 0 Å². The molecule has 17 heavy (non-hydrogen) atoms. The second-order valence-corrected chi connectivity index (χ2v) is 11.0. The third-order valence-electron chi connectivity index (χ3n) is 3.18. The van der Waals surface area contributed by atoms with Crippen molar-refractivity contribution in [2.24, 2.45) is 0 Å². The van der Waals surface area contributed by atoms with E-state index in [-0.39, 0.29) is 12.1 Å². The number of alkyl halides is 4. The van der Waals surface area contributed by atoms with Gasteiger partial charge in [-0.15, -0.1) is 0 Å². The summed E-state index contributed by atoms with van der Waals surface area (Å²) in [5.41, 5.74) is -0.167. The molecule has 0 bridgehead atoms. The zero-order valence-electron chi connectivity index (χ0n) is 10.1. The van der Waals surface area contributed by atoms with Gasteiger partial charge in [0.2, 0.25) is 0 Å². The Hall–Kier alpha value is -0.593. The van der Waals surface area contributed by atoms with Crippen molar-refractivity contribution in [1.29, 1.82) is 0 Å². The summed E-state index contributed by atoms with van der Waals surface area (Å²) in [6, 6.07) is 0. The molecule has 0 spiro atoms. The highest BCUT2D eigenvalue weighted by atomic mass is 28.3. The zero-order chi connectivity index (χ0) is 13.4. The molecule has 0 saturated carbocycles. The Morgan fingerprint density at radius 3 is 2.18 bits per heavy atom. The molecule has 1 fully saturated rings. The molecule has 1 amide bonds. The summed E-state index contributed by atoms with van der Waals surface area (Å²) in [4.78, 5) is 11.6. The number of carbonyl (C=O) groups excluding carboxylic acids is 1. The van der Waals surface area contributed by atoms with Gasteiger partial charge in [-0.2, -0.15) is 13.2 Å². The van der Waals surface area contributed by atoms with Crippen molar-refractivity contribution in [3.05, 3.63) is 0 Å². The largest absolute Gasteiger partial charge is 0.471 e. The van der Waals surface area contributed by atoms with Crippen LogP contribution in [0, 0.1) is 0 Å². The molecular formula is C10H17F4NOSi. The van der Waals surface area contributed by atoms with Crippen LogP contribution in [0.1, 0.15) is 6.42 Å². The van der Waals surface area contributed by atoms with Gasteiger partial charge < -0.3 is 4.90 Å². The molecule has 2 atom stereocenters. The maximum absolute atomic E-state index is 13.8. The predicted molar refractivity (Wildman–Crippen MR) is 59.2 cm³/mol. The highest BCUT2D eigenvalue weighted by molar-refractivity contribution is 6.77. The van der Waals surface area contributed by atoms with Crippen LogP contribution in [-0.2, 0) is 4.79 Å². The van der Waals surface area contributed by atoms with Crippen LogP contribution in [0.15, 0.2) is 0 Å². The lowest BCUT2D eigenvalue weighted by Crippen LogP contribution is -2.52. The summed E-state index contributed by atoms with van der Waals surface area (Å²) >= 11 is 0. The van der Waals surface area contributed by atoms with Crippen molar-refractivity contribution < 1.29 is 22.4 Å². The highest BCUT2D eigenvalue weighted by Gasteiger charge is 2.46. The van der Waals surface area contributed by atoms with E-state index in [1.807, 2.05) is 19.6 Å². The molecule has 0 aromatic heterocycles. The van der Waals surface area contributed by atoms with Gasteiger partial charge in [0.25, 0.3) is 0 Å². The molecular weight excluding hydrogens is 254 g/mol. The molecule has 0 N–H and O–H groups in total. The summed E-state index contributed by atoms with van der Waals surface area (Å²) in [6.45, 7) is 5.56. The lowest BCUT2D eigenvalue weighted by Gasteiger charge is -2.40. The number of rotatable bonds is 1. The van der Waals surface area contributed by atoms with Crippen LogP contribution in [0.25, 0.3) is 0 Å². The molecule has 1 saturated heterocycles. The van der Waals surface area contributed by atoms with Crippen LogP contribution in [0.3, 0.4) is 0 Å². The van der Waals surface area contributed by atoms with E-state index in [1.165, 1.54) is 0 Å². The molecule has 1 heterocycles. The summed E-state index contributed by atoms with van der Waals surface area (Å²) in [6.07, 6.45) is -5.90. The van der Waals surface area contributed by atoms with E-state index in [1.54, 1.807) is 0 Å². The third kappa shape index (κ3) is 3.43. The predicted octanol–water partition coefficient (Wildman–Crippen LogP) is 2.83. The summed E-state index contributed by atoms with van der Waals surface area (Å²) in [5.74, 6) is -1.92. The number of piperidine rings is 1. The highest BCUT2D eigenvalue weighted by Crippen LogP contribution is 2.36. The molecule has 0 unspecified atom stereocenters. The number of halogens is 4. The minimum Gasteiger partial charge on any atom is -0.332 e. The van der Waals surface area contributed by atoms with E-state index in [9.17, 15) is 22.4 Å². The van der Waals surface area contributed by atoms with Crippen molar-refractivity contribution >= 4 is 14.0 Å². The lowest BCUT2D eigenvalue weighted by atomic mass is 10.1. The number of carbonyl (C=O) groups is 1. The molecule has 100 valence electrons. The van der Waals surface area contributed by atoms with Gasteiger partial charge in [0.1, 0.15) is 6.17 Å². The van der Waals surface area contributed by atoms with E-state index in [0.29, 0.717) is 11.3 Å². The molecule has 7 heteroatoms. The monoisotopic (exact) mass is 271 g/mol. The van der Waals surface area contributed by atoms with Crippen molar-refractivity contribution in [3.8, 4) is 0 Å². The molecule has 1 rings (SSSR count). The molecule has 0 radical (unpaired) electrons. The Labute approximate surface area is 99.0 Å². The summed E-state index contributed by atoms with van der Waals surface area (Å²) in [5, 5.41) is 0. The van der Waals surface area contributed by atoms with Crippen molar-refractivity contribution in [1.82, 2.24) is 4.90 Å². The quantitative estimate of drug-likeness (QED) is 0.530. The minimum atomic E-state index is -4.90. The SMILES string of the molecule is C[Si](C)(C)[C@@H]1CCN(C(=O)C(F)(F)F)C[C@@H]1F. The van der Waals surface area contributed by atoms with Crippen molar-refractivity contribution in [2.75, 3.05) is 13.1 Å². The molecule has 0 aromatic rings. The van der Waals surface area contributed by atoms with Crippen LogP contribution in [-0.4, -0.2) is 44.3 Å². The van der Waals surface area contributed by atoms with Crippen LogP contribution in [0.4, 0.5) is 17.6 Å². The fourth-order valence-electron chi connectivity index (χ4n) is 2.24. The summed E-state index contributed by atoms with van der Waals surface area (Å²) < 4.78 is 50.4. The van der Waals surface area contributed by atoms with E-state index >= 15 is 0 Å². The Bertz CT molecular complexity index is 300. The van der Waals surface area contributed by atoms with Crippen LogP contribution in [0.5, 0.6) is 0 Å². The zero-order valence-corrected chi connectivity index (χ0v) is 11.1. The molecule has 1 aliphatic rings. The second-order valence-electron chi connectivity index (χ2n) is 5.53. The van der Waals surface area contributed by atoms with Crippen LogP contribution in [0.2, 0.25) is 25.2 Å². The maximum Gasteiger partial charge on any atom is 0.471 e. The topological polar surface area (TPSA) is 20.3 Å². The normalized spacial score (nSPS) is 27.1. The Balaban J connectivity index is 2.68. The minimum absolute atomic E-state index is 0.00764. The lowest BCUT2D eigenvalue weighted by molar-refractivity contribution is -0.187. The van der Waals surface area contributed by atoms with Gasteiger partial charge in [-0.05, 0) is 12.0 Å². The molecule has 2 nitrogen and oxygen atoms in total. The van der Waals surface area contributed by atoms with E-state index in [4.69, 9.17) is 0 Å². The number of hydrogen-bond donors (Lipinski definition) is 0. The van der Waals surface area contributed by atoms with Gasteiger partial charge in [0.05, 0.1) is 14.6 Å². The van der Waals surface area contributed by atoms with Gasteiger partial charge in [-0.1, -0.05) is 19.6 Å². The first kappa shape index (κ1) is 14.5. The first-order valence-electron chi connectivity index (χ1n) is 5.53. The third-order valence-corrected chi connectivity index (χ3v) is 6.06. The van der Waals surface area contributed by atoms with Gasteiger partial charge in [-0.25, -0.2) is 4.39 Å². The van der Waals surface area contributed by atoms with Gasteiger partial charge in [-0.3, -0.25) is 4.79 Å². The Kier molecular flexibility index (Phi) is 3.90. The van der Waals surface area contributed by atoms with Gasteiger partial charge in [0, 0.05) is 6.54 Å². The molecule has 0 aromatic carbocycles. The molecule has 0 aliphatic carbocycles. The average molecular weight is 271 g/mol. The fraction of sp³-hybridized carbons (Fsp3) is 0.900. The average Bonchev–Trinajstić information content (AvgIpc) is 2.12. The van der Waals surface area contributed by atoms with E-state index in [0.717, 1.165) is 0 Å². The standard InChI is InChI=1S/C10H17F4NOSi/c1-17(2,3)8-4-5-15(6-7(8)11)9(16)10(12,13)14/h7-8H,4-6H2,1-3H3/t7-,8+/m0/s1. The Morgan fingerprint density at radius 2 is 1.82 bits per heavy atom. The van der Waals surface area contributed by atoms with Gasteiger partial charge >= 0.3 is 12.1 Å². The number of nitrogens with zero attached hydrogens (tertiary/aromatic N) is 1. The number of hydrogen-bond acceptors (Lipinski definition) is 1. The number of likely N-dealkylation sites (tertiary alicyclic amines) is 1. The second kappa shape index (κ2) is 4.59. The number of amides is 1. The maximum atomic E-state index is 13.8. The van der Waals surface area contributed by atoms with Crippen LogP contribution >= 0.6 is 0 Å². The summed E-state index contributed by atoms with van der Waals surface area (Å²) in [7, 11) is -1.72. The van der Waals surface area contributed by atoms with E-state index < -0.39 is 32.9 Å². The first-order chi connectivity index (χ1) is 7.53. The molecule has 1 aliphatic heterocycles. The van der Waals surface area contributed by atoms with Crippen molar-refractivity contribution in [3.63, 3.8) is 0 Å². The van der Waals surface area contributed by atoms with Crippen molar-refractivity contribution in [2.45, 2.75) is 44.0 Å².